The lowest BCUT2D eigenvalue weighted by molar-refractivity contribution is -0.0837. The molecule has 1 aromatic rings. The normalized spacial score (nSPS) is 35.4. The predicted octanol–water partition coefficient (Wildman–Crippen LogP) is 3.85. The van der Waals surface area contributed by atoms with Crippen LogP contribution in [0.5, 0.6) is 0 Å². The van der Waals surface area contributed by atoms with E-state index in [9.17, 15) is 18.8 Å². The van der Waals surface area contributed by atoms with Crippen molar-refractivity contribution in [2.45, 2.75) is 63.4 Å². The molecular weight excluding hydrogens is 408 g/mol. The lowest BCUT2D eigenvalue weighted by Gasteiger charge is -2.48. The van der Waals surface area contributed by atoms with Gasteiger partial charge >= 0.3 is 0 Å². The van der Waals surface area contributed by atoms with Gasteiger partial charge in [0.25, 0.3) is 0 Å². The number of hydrogen-bond acceptors (Lipinski definition) is 4. The number of hydrogen-bond donors (Lipinski definition) is 1. The van der Waals surface area contributed by atoms with Gasteiger partial charge in [0.2, 0.25) is 10.0 Å². The van der Waals surface area contributed by atoms with Gasteiger partial charge in [-0.3, -0.25) is 0 Å². The molecule has 0 unspecified atom stereocenters. The Labute approximate surface area is 185 Å². The van der Waals surface area contributed by atoms with Crippen LogP contribution in [0.25, 0.3) is 6.08 Å². The molecule has 5 nitrogen and oxygen atoms in total. The zero-order valence-electron chi connectivity index (χ0n) is 18.5. The Morgan fingerprint density at radius 1 is 1.19 bits per heavy atom. The van der Waals surface area contributed by atoms with E-state index in [1.807, 2.05) is 6.07 Å². The zero-order valence-corrected chi connectivity index (χ0v) is 19.3. The molecule has 31 heavy (non-hydrogen) atoms. The van der Waals surface area contributed by atoms with Crippen molar-refractivity contribution in [2.75, 3.05) is 18.8 Å². The first kappa shape index (κ1) is 21.2. The highest BCUT2D eigenvalue weighted by Gasteiger charge is 2.71. The van der Waals surface area contributed by atoms with Gasteiger partial charge in [0.1, 0.15) is 0 Å². The Kier molecular flexibility index (Phi) is 4.55. The van der Waals surface area contributed by atoms with E-state index in [0.717, 1.165) is 19.3 Å². The maximum atomic E-state index is 13.7. The number of rotatable bonds is 4. The minimum Gasteiger partial charge on any atom is -0.388 e. The molecule has 1 spiro atoms. The first-order valence-electron chi connectivity index (χ1n) is 11.5. The van der Waals surface area contributed by atoms with E-state index in [1.165, 1.54) is 11.1 Å². The van der Waals surface area contributed by atoms with Crippen LogP contribution >= 0.6 is 0 Å². The smallest absolute Gasteiger partial charge is 0.214 e. The van der Waals surface area contributed by atoms with E-state index in [0.29, 0.717) is 25.9 Å². The fourth-order valence-corrected chi connectivity index (χ4v) is 9.82. The lowest BCUT2D eigenvalue weighted by Crippen LogP contribution is -2.56. The third-order valence-electron chi connectivity index (χ3n) is 9.54. The van der Waals surface area contributed by atoms with Gasteiger partial charge < -0.3 is 5.11 Å². The van der Waals surface area contributed by atoms with Crippen molar-refractivity contribution in [3.05, 3.63) is 41.5 Å². The van der Waals surface area contributed by atoms with E-state index < -0.39 is 21.0 Å². The van der Waals surface area contributed by atoms with E-state index in [4.69, 9.17) is 0 Å². The van der Waals surface area contributed by atoms with Crippen molar-refractivity contribution in [3.8, 4) is 6.07 Å². The maximum Gasteiger partial charge on any atom is 0.214 e. The molecule has 1 saturated heterocycles. The highest BCUT2D eigenvalue weighted by atomic mass is 32.2. The largest absolute Gasteiger partial charge is 0.388 e. The molecule has 166 valence electrons. The van der Waals surface area contributed by atoms with Gasteiger partial charge in [-0.2, -0.15) is 5.26 Å². The molecule has 3 fully saturated rings. The average Bonchev–Trinajstić information content (AvgIpc) is 3.24. The van der Waals surface area contributed by atoms with Gasteiger partial charge in [-0.1, -0.05) is 50.3 Å². The van der Waals surface area contributed by atoms with Gasteiger partial charge in [0.15, 0.2) is 0 Å². The number of fused-ring (bicyclic) bond motifs is 4. The molecule has 2 saturated carbocycles. The minimum absolute atomic E-state index is 0.00708. The standard InChI is InChI=1S/C25H32N2O3S/c1-22(2)20-8-10-24(22,25(28,17-20)11-14-26)18-31(29,30)27-15-12-23(13-16-27)9-7-19-5-3-4-6-21(19)23/h3-7,9,20,28H,8,10-13,15-18H2,1-2H3/t20-,24+,25-/m1/s1. The summed E-state index contributed by atoms with van der Waals surface area (Å²) in [6.45, 7) is 5.19. The molecule has 0 radical (unpaired) electrons. The topological polar surface area (TPSA) is 81.4 Å². The number of aliphatic hydroxyl groups is 1. The summed E-state index contributed by atoms with van der Waals surface area (Å²) in [6.07, 6.45) is 8.13. The molecule has 1 aliphatic heterocycles. The first-order valence-corrected chi connectivity index (χ1v) is 13.1. The Balaban J connectivity index is 1.39. The molecular formula is C25H32N2O3S. The Morgan fingerprint density at radius 3 is 2.58 bits per heavy atom. The van der Waals surface area contributed by atoms with Gasteiger partial charge in [0.05, 0.1) is 23.8 Å². The van der Waals surface area contributed by atoms with Crippen LogP contribution < -0.4 is 0 Å². The molecule has 3 aliphatic carbocycles. The summed E-state index contributed by atoms with van der Waals surface area (Å²) in [4.78, 5) is 0. The molecule has 1 N–H and O–H groups in total. The number of allylic oxidation sites excluding steroid dienone is 1. The monoisotopic (exact) mass is 440 g/mol. The molecule has 5 rings (SSSR count). The zero-order chi connectivity index (χ0) is 22.1. The van der Waals surface area contributed by atoms with Crippen LogP contribution in [0.3, 0.4) is 0 Å². The number of nitrogens with zero attached hydrogens (tertiary/aromatic N) is 2. The van der Waals surface area contributed by atoms with E-state index >= 15 is 0 Å². The Hall–Kier alpha value is -1.68. The SMILES string of the molecule is CC1(C)[C@@H]2CC[C@@]1(CS(=O)(=O)N1CCC3(C=Cc4ccccc43)CC1)[C@@](O)(CC#N)C2. The third-order valence-corrected chi connectivity index (χ3v) is 11.5. The maximum absolute atomic E-state index is 13.7. The van der Waals surface area contributed by atoms with Crippen molar-refractivity contribution in [1.29, 1.82) is 5.26 Å². The third kappa shape index (κ3) is 2.76. The second-order valence-electron chi connectivity index (χ2n) is 10.8. The van der Waals surface area contributed by atoms with E-state index in [-0.39, 0.29) is 28.9 Å². The Morgan fingerprint density at radius 2 is 1.90 bits per heavy atom. The van der Waals surface area contributed by atoms with Crippen LogP contribution in [0.1, 0.15) is 63.5 Å². The van der Waals surface area contributed by atoms with Gasteiger partial charge in [-0.15, -0.1) is 0 Å². The summed E-state index contributed by atoms with van der Waals surface area (Å²) < 4.78 is 29.0. The van der Waals surface area contributed by atoms with Crippen molar-refractivity contribution in [3.63, 3.8) is 0 Å². The lowest BCUT2D eigenvalue weighted by atomic mass is 9.63. The summed E-state index contributed by atoms with van der Waals surface area (Å²) in [5, 5.41) is 20.9. The highest BCUT2D eigenvalue weighted by Crippen LogP contribution is 2.71. The predicted molar refractivity (Wildman–Crippen MR) is 120 cm³/mol. The Bertz CT molecular complexity index is 1080. The average molecular weight is 441 g/mol. The van der Waals surface area contributed by atoms with Crippen LogP contribution in [0.15, 0.2) is 30.3 Å². The molecule has 0 amide bonds. The number of piperidine rings is 1. The minimum atomic E-state index is -3.55. The number of sulfonamides is 1. The molecule has 2 bridgehead atoms. The molecule has 1 aromatic carbocycles. The fraction of sp³-hybridized carbons (Fsp3) is 0.640. The van der Waals surface area contributed by atoms with Crippen molar-refractivity contribution in [2.24, 2.45) is 16.7 Å². The molecule has 3 atom stereocenters. The van der Waals surface area contributed by atoms with Gasteiger partial charge in [-0.25, -0.2) is 12.7 Å². The first-order chi connectivity index (χ1) is 14.6. The summed E-state index contributed by atoms with van der Waals surface area (Å²) in [6, 6.07) is 10.5. The second-order valence-corrected chi connectivity index (χ2v) is 12.8. The molecule has 6 heteroatoms. The van der Waals surface area contributed by atoms with Crippen molar-refractivity contribution < 1.29 is 13.5 Å². The quantitative estimate of drug-likeness (QED) is 0.771. The number of nitriles is 1. The molecule has 4 aliphatic rings. The summed E-state index contributed by atoms with van der Waals surface area (Å²) in [5.41, 5.74) is 0.219. The van der Waals surface area contributed by atoms with Crippen LogP contribution in [0, 0.1) is 28.1 Å². The van der Waals surface area contributed by atoms with Gasteiger partial charge in [0, 0.05) is 23.9 Å². The fourth-order valence-electron chi connectivity index (χ4n) is 7.49. The van der Waals surface area contributed by atoms with Crippen LogP contribution in [-0.2, 0) is 15.4 Å². The highest BCUT2D eigenvalue weighted by molar-refractivity contribution is 7.89. The molecule has 0 aromatic heterocycles. The van der Waals surface area contributed by atoms with Gasteiger partial charge in [-0.05, 0) is 54.6 Å². The van der Waals surface area contributed by atoms with Crippen LogP contribution in [-0.4, -0.2) is 42.3 Å². The summed E-state index contributed by atoms with van der Waals surface area (Å²) in [5.74, 6) is 0.215. The van der Waals surface area contributed by atoms with Crippen LogP contribution in [0.4, 0.5) is 0 Å². The second kappa shape index (κ2) is 6.66. The van der Waals surface area contributed by atoms with Crippen molar-refractivity contribution >= 4 is 16.1 Å². The summed E-state index contributed by atoms with van der Waals surface area (Å²) in [7, 11) is -3.55. The van der Waals surface area contributed by atoms with Crippen LogP contribution in [0.2, 0.25) is 0 Å². The van der Waals surface area contributed by atoms with E-state index in [2.05, 4.69) is 50.3 Å². The summed E-state index contributed by atoms with van der Waals surface area (Å²) >= 11 is 0. The van der Waals surface area contributed by atoms with Crippen molar-refractivity contribution in [1.82, 2.24) is 4.31 Å². The van der Waals surface area contributed by atoms with E-state index in [1.54, 1.807) is 4.31 Å². The molecule has 1 heterocycles. The number of benzene rings is 1.